The Kier molecular flexibility index (Phi) is 4.74. The number of rotatable bonds is 4. The molecule has 1 aliphatic rings. The summed E-state index contributed by atoms with van der Waals surface area (Å²) in [5, 5.41) is 0. The summed E-state index contributed by atoms with van der Waals surface area (Å²) in [6, 6.07) is 13.5. The highest BCUT2D eigenvalue weighted by Gasteiger charge is 2.25. The summed E-state index contributed by atoms with van der Waals surface area (Å²) in [5.41, 5.74) is 2.92. The molecule has 0 saturated carbocycles. The third kappa shape index (κ3) is 3.23. The Morgan fingerprint density at radius 2 is 1.88 bits per heavy atom. The first-order valence-corrected chi connectivity index (χ1v) is 8.34. The number of carbonyl (C=O) groups excluding carboxylic acids is 1. The van der Waals surface area contributed by atoms with E-state index in [9.17, 15) is 4.79 Å². The van der Waals surface area contributed by atoms with Gasteiger partial charge >= 0.3 is 0 Å². The van der Waals surface area contributed by atoms with Crippen molar-refractivity contribution >= 4 is 5.91 Å². The van der Waals surface area contributed by atoms with Crippen LogP contribution in [0.15, 0.2) is 42.5 Å². The number of aryl methyl sites for hydroxylation is 1. The largest absolute Gasteiger partial charge is 0.486 e. The molecule has 0 saturated heterocycles. The zero-order valence-corrected chi connectivity index (χ0v) is 14.4. The van der Waals surface area contributed by atoms with Gasteiger partial charge in [-0.25, -0.2) is 0 Å². The Morgan fingerprint density at radius 3 is 2.62 bits per heavy atom. The Hall–Kier alpha value is -2.49. The highest BCUT2D eigenvalue weighted by Crippen LogP contribution is 2.31. The Bertz CT molecular complexity index is 741. The van der Waals surface area contributed by atoms with E-state index in [2.05, 4.69) is 0 Å². The molecule has 4 nitrogen and oxygen atoms in total. The van der Waals surface area contributed by atoms with Crippen molar-refractivity contribution in [2.24, 2.45) is 0 Å². The standard InChI is InChI=1S/C20H23NO3/c1-4-21(20(22)17-9-7-8-14(2)15(17)3)12-16-13-23-18-10-5-6-11-19(18)24-16/h5-11,16H,4,12-13H2,1-3H3. The van der Waals surface area contributed by atoms with Crippen molar-refractivity contribution in [2.45, 2.75) is 26.9 Å². The number of carbonyl (C=O) groups is 1. The number of amides is 1. The van der Waals surface area contributed by atoms with E-state index in [4.69, 9.17) is 9.47 Å². The van der Waals surface area contributed by atoms with E-state index in [-0.39, 0.29) is 12.0 Å². The second-order valence-electron chi connectivity index (χ2n) is 6.09. The predicted molar refractivity (Wildman–Crippen MR) is 93.8 cm³/mol. The van der Waals surface area contributed by atoms with Crippen LogP contribution in [0.2, 0.25) is 0 Å². The van der Waals surface area contributed by atoms with Gasteiger partial charge in [-0.3, -0.25) is 4.79 Å². The first kappa shape index (κ1) is 16.4. The molecule has 126 valence electrons. The Morgan fingerprint density at radius 1 is 1.12 bits per heavy atom. The number of hydrogen-bond donors (Lipinski definition) is 0. The zero-order valence-electron chi connectivity index (χ0n) is 14.4. The predicted octanol–water partition coefficient (Wildman–Crippen LogP) is 3.61. The molecule has 0 spiro atoms. The first-order chi connectivity index (χ1) is 11.6. The van der Waals surface area contributed by atoms with E-state index in [1.807, 2.05) is 68.1 Å². The van der Waals surface area contributed by atoms with Gasteiger partial charge in [0.15, 0.2) is 17.6 Å². The fourth-order valence-electron chi connectivity index (χ4n) is 2.91. The third-order valence-corrected chi connectivity index (χ3v) is 4.50. The Labute approximate surface area is 143 Å². The summed E-state index contributed by atoms with van der Waals surface area (Å²) < 4.78 is 11.7. The van der Waals surface area contributed by atoms with Crippen LogP contribution in [0.3, 0.4) is 0 Å². The summed E-state index contributed by atoms with van der Waals surface area (Å²) in [5.74, 6) is 1.54. The first-order valence-electron chi connectivity index (χ1n) is 8.34. The molecule has 2 aromatic rings. The van der Waals surface area contributed by atoms with E-state index in [0.29, 0.717) is 19.7 Å². The third-order valence-electron chi connectivity index (χ3n) is 4.50. The lowest BCUT2D eigenvalue weighted by Gasteiger charge is -2.31. The fourth-order valence-corrected chi connectivity index (χ4v) is 2.91. The molecule has 1 unspecified atom stereocenters. The summed E-state index contributed by atoms with van der Waals surface area (Å²) in [6.07, 6.45) is -0.158. The lowest BCUT2D eigenvalue weighted by atomic mass is 10.0. The summed E-state index contributed by atoms with van der Waals surface area (Å²) in [7, 11) is 0. The van der Waals surface area contributed by atoms with Gasteiger partial charge in [0, 0.05) is 12.1 Å². The molecule has 0 bridgehead atoms. The molecule has 0 aromatic heterocycles. The maximum atomic E-state index is 12.9. The van der Waals surface area contributed by atoms with Crippen molar-refractivity contribution in [1.82, 2.24) is 4.90 Å². The molecular formula is C20H23NO3. The van der Waals surface area contributed by atoms with Crippen LogP contribution in [-0.4, -0.2) is 36.6 Å². The average molecular weight is 325 g/mol. The summed E-state index contributed by atoms with van der Waals surface area (Å²) >= 11 is 0. The number of para-hydroxylation sites is 2. The highest BCUT2D eigenvalue weighted by atomic mass is 16.6. The molecule has 4 heteroatoms. The SMILES string of the molecule is CCN(CC1COc2ccccc2O1)C(=O)c1cccc(C)c1C. The minimum absolute atomic E-state index is 0.0427. The van der Waals surface area contributed by atoms with Crippen LogP contribution in [0.1, 0.15) is 28.4 Å². The van der Waals surface area contributed by atoms with Crippen molar-refractivity contribution in [3.05, 3.63) is 59.2 Å². The van der Waals surface area contributed by atoms with Crippen molar-refractivity contribution < 1.29 is 14.3 Å². The minimum Gasteiger partial charge on any atom is -0.486 e. The molecule has 0 N–H and O–H groups in total. The molecule has 24 heavy (non-hydrogen) atoms. The number of ether oxygens (including phenoxy) is 2. The van der Waals surface area contributed by atoms with Gasteiger partial charge in [-0.15, -0.1) is 0 Å². The summed E-state index contributed by atoms with van der Waals surface area (Å²) in [4.78, 5) is 14.7. The number of nitrogens with zero attached hydrogens (tertiary/aromatic N) is 1. The summed E-state index contributed by atoms with van der Waals surface area (Å²) in [6.45, 7) is 7.60. The van der Waals surface area contributed by atoms with Gasteiger partial charge in [0.2, 0.25) is 0 Å². The van der Waals surface area contributed by atoms with Gasteiger partial charge in [-0.05, 0) is 50.1 Å². The van der Waals surface area contributed by atoms with Gasteiger partial charge in [0.05, 0.1) is 6.54 Å². The molecule has 2 aromatic carbocycles. The number of likely N-dealkylation sites (N-methyl/N-ethyl adjacent to an activating group) is 1. The molecule has 3 rings (SSSR count). The van der Waals surface area contributed by atoms with E-state index in [1.165, 1.54) is 0 Å². The van der Waals surface area contributed by atoms with Crippen LogP contribution < -0.4 is 9.47 Å². The smallest absolute Gasteiger partial charge is 0.254 e. The van der Waals surface area contributed by atoms with Gasteiger partial charge in [0.25, 0.3) is 5.91 Å². The van der Waals surface area contributed by atoms with Crippen LogP contribution in [0.4, 0.5) is 0 Å². The molecule has 1 amide bonds. The van der Waals surface area contributed by atoms with E-state index < -0.39 is 0 Å². The van der Waals surface area contributed by atoms with Crippen molar-refractivity contribution in [1.29, 1.82) is 0 Å². The van der Waals surface area contributed by atoms with Crippen molar-refractivity contribution in [2.75, 3.05) is 19.7 Å². The van der Waals surface area contributed by atoms with Crippen LogP contribution >= 0.6 is 0 Å². The number of hydrogen-bond acceptors (Lipinski definition) is 3. The van der Waals surface area contributed by atoms with Gasteiger partial charge < -0.3 is 14.4 Å². The van der Waals surface area contributed by atoms with Crippen LogP contribution in [0, 0.1) is 13.8 Å². The van der Waals surface area contributed by atoms with Crippen LogP contribution in [0.25, 0.3) is 0 Å². The molecule has 0 fully saturated rings. The number of benzene rings is 2. The second kappa shape index (κ2) is 6.95. The second-order valence-corrected chi connectivity index (χ2v) is 6.09. The lowest BCUT2D eigenvalue weighted by Crippen LogP contribution is -2.43. The molecule has 0 radical (unpaired) electrons. The molecule has 1 atom stereocenters. The molecule has 1 aliphatic heterocycles. The minimum atomic E-state index is -0.158. The maximum absolute atomic E-state index is 12.9. The van der Waals surface area contributed by atoms with Gasteiger partial charge in [0.1, 0.15) is 6.61 Å². The maximum Gasteiger partial charge on any atom is 0.254 e. The molecule has 1 heterocycles. The lowest BCUT2D eigenvalue weighted by molar-refractivity contribution is 0.0474. The van der Waals surface area contributed by atoms with Crippen LogP contribution in [-0.2, 0) is 0 Å². The van der Waals surface area contributed by atoms with E-state index in [1.54, 1.807) is 0 Å². The topological polar surface area (TPSA) is 38.8 Å². The van der Waals surface area contributed by atoms with Crippen molar-refractivity contribution in [3.8, 4) is 11.5 Å². The fraction of sp³-hybridized carbons (Fsp3) is 0.350. The van der Waals surface area contributed by atoms with Gasteiger partial charge in [-0.2, -0.15) is 0 Å². The number of fused-ring (bicyclic) bond motifs is 1. The van der Waals surface area contributed by atoms with Crippen molar-refractivity contribution in [3.63, 3.8) is 0 Å². The molecular weight excluding hydrogens is 302 g/mol. The monoisotopic (exact) mass is 325 g/mol. The van der Waals surface area contributed by atoms with E-state index >= 15 is 0 Å². The van der Waals surface area contributed by atoms with Gasteiger partial charge in [-0.1, -0.05) is 24.3 Å². The Balaban J connectivity index is 1.73. The quantitative estimate of drug-likeness (QED) is 0.862. The zero-order chi connectivity index (χ0) is 17.1. The average Bonchev–Trinajstić information content (AvgIpc) is 2.61. The molecule has 0 aliphatic carbocycles. The normalized spacial score (nSPS) is 15.9. The highest BCUT2D eigenvalue weighted by molar-refractivity contribution is 5.96. The van der Waals surface area contributed by atoms with E-state index in [0.717, 1.165) is 28.2 Å². The van der Waals surface area contributed by atoms with Crippen LogP contribution in [0.5, 0.6) is 11.5 Å².